The standard InChI is InChI=1S/C13H10N.C7H9.2FH.Zr/c1-2-6-12-10-13(9-11(12)5-1)14-7-3-4-8-14;1-6-4-3-5-7(6)2;;;/h1-10H;3-5H,1-2H3;2*1H;/q2*-1;;;+4/p-2. The molecular weight excluding hydrogens is 383 g/mol. The molecular formula is C20H19F2NZr. The summed E-state index contributed by atoms with van der Waals surface area (Å²) in [5.41, 5.74) is 4.01. The van der Waals surface area contributed by atoms with Crippen LogP contribution in [0.2, 0.25) is 0 Å². The smallest absolute Gasteiger partial charge is 1.00 e. The van der Waals surface area contributed by atoms with E-state index in [9.17, 15) is 0 Å². The molecule has 0 amide bonds. The third kappa shape index (κ3) is 5.10. The van der Waals surface area contributed by atoms with Crippen molar-refractivity contribution in [2.24, 2.45) is 0 Å². The van der Waals surface area contributed by atoms with E-state index in [1.165, 1.54) is 27.6 Å². The maximum absolute atomic E-state index is 2.20. The largest absolute Gasteiger partial charge is 4.00 e. The average molecular weight is 403 g/mol. The van der Waals surface area contributed by atoms with E-state index < -0.39 is 0 Å². The number of fused-ring (bicyclic) bond motifs is 1. The van der Waals surface area contributed by atoms with Gasteiger partial charge >= 0.3 is 26.2 Å². The van der Waals surface area contributed by atoms with E-state index in [0.29, 0.717) is 0 Å². The number of nitrogens with zero attached hydrogens (tertiary/aromatic N) is 1. The van der Waals surface area contributed by atoms with Gasteiger partial charge in [0.05, 0.1) is 0 Å². The van der Waals surface area contributed by atoms with E-state index in [1.807, 2.05) is 12.1 Å². The summed E-state index contributed by atoms with van der Waals surface area (Å²) in [5.74, 6) is 0. The molecule has 24 heavy (non-hydrogen) atoms. The van der Waals surface area contributed by atoms with Crippen LogP contribution in [0.3, 0.4) is 0 Å². The van der Waals surface area contributed by atoms with Crippen molar-refractivity contribution in [1.82, 2.24) is 4.57 Å². The third-order valence-corrected chi connectivity index (χ3v) is 3.82. The Balaban J connectivity index is 0.000000463. The van der Waals surface area contributed by atoms with Crippen molar-refractivity contribution in [3.8, 4) is 5.69 Å². The van der Waals surface area contributed by atoms with Crippen LogP contribution in [0.5, 0.6) is 0 Å². The molecule has 0 saturated carbocycles. The van der Waals surface area contributed by atoms with Crippen LogP contribution >= 0.6 is 0 Å². The predicted molar refractivity (Wildman–Crippen MR) is 90.4 cm³/mol. The maximum Gasteiger partial charge on any atom is 4.00 e. The fourth-order valence-corrected chi connectivity index (χ4v) is 2.39. The van der Waals surface area contributed by atoms with Crippen LogP contribution in [0.4, 0.5) is 0 Å². The van der Waals surface area contributed by atoms with Crippen LogP contribution in [0.15, 0.2) is 79.1 Å². The molecule has 1 heterocycles. The minimum absolute atomic E-state index is 0. The fourth-order valence-electron chi connectivity index (χ4n) is 2.39. The van der Waals surface area contributed by atoms with E-state index in [4.69, 9.17) is 0 Å². The number of benzene rings is 1. The zero-order valence-electron chi connectivity index (χ0n) is 13.7. The molecule has 4 aromatic rings. The Morgan fingerprint density at radius 2 is 1.58 bits per heavy atom. The monoisotopic (exact) mass is 401 g/mol. The van der Waals surface area contributed by atoms with Crippen molar-refractivity contribution < 1.29 is 35.6 Å². The summed E-state index contributed by atoms with van der Waals surface area (Å²) >= 11 is 0. The van der Waals surface area contributed by atoms with Gasteiger partial charge in [-0.15, -0.1) is 41.1 Å². The van der Waals surface area contributed by atoms with Crippen molar-refractivity contribution in [1.29, 1.82) is 0 Å². The molecule has 0 spiro atoms. The van der Waals surface area contributed by atoms with Crippen LogP contribution in [0.1, 0.15) is 11.1 Å². The summed E-state index contributed by atoms with van der Waals surface area (Å²) in [4.78, 5) is 0. The summed E-state index contributed by atoms with van der Waals surface area (Å²) in [6, 6.07) is 23.2. The molecule has 0 aliphatic rings. The number of aromatic nitrogens is 1. The van der Waals surface area contributed by atoms with Crippen LogP contribution in [-0.4, -0.2) is 4.57 Å². The van der Waals surface area contributed by atoms with Crippen molar-refractivity contribution in [3.05, 3.63) is 90.3 Å². The second-order valence-corrected chi connectivity index (χ2v) is 5.32. The summed E-state index contributed by atoms with van der Waals surface area (Å²) in [5, 5.41) is 2.60. The van der Waals surface area contributed by atoms with Gasteiger partial charge in [-0.1, -0.05) is 19.9 Å². The van der Waals surface area contributed by atoms with Gasteiger partial charge in [0.25, 0.3) is 0 Å². The molecule has 0 atom stereocenters. The van der Waals surface area contributed by atoms with Crippen LogP contribution in [-0.2, 0) is 26.2 Å². The molecule has 3 aromatic carbocycles. The minimum atomic E-state index is 0. The zero-order valence-corrected chi connectivity index (χ0v) is 16.2. The first-order valence-corrected chi connectivity index (χ1v) is 7.22. The molecule has 1 nitrogen and oxygen atoms in total. The minimum Gasteiger partial charge on any atom is -1.00 e. The van der Waals surface area contributed by atoms with Gasteiger partial charge in [-0.2, -0.15) is 17.2 Å². The first-order chi connectivity index (χ1) is 10.2. The van der Waals surface area contributed by atoms with Gasteiger partial charge in [0.15, 0.2) is 0 Å². The van der Waals surface area contributed by atoms with Gasteiger partial charge in [-0.25, -0.2) is 12.1 Å². The number of hydrogen-bond acceptors (Lipinski definition) is 0. The maximum atomic E-state index is 2.20. The van der Waals surface area contributed by atoms with Gasteiger partial charge in [0.2, 0.25) is 0 Å². The zero-order chi connectivity index (χ0) is 14.7. The molecule has 1 aromatic heterocycles. The van der Waals surface area contributed by atoms with Crippen LogP contribution in [0, 0.1) is 13.8 Å². The van der Waals surface area contributed by atoms with Crippen molar-refractivity contribution >= 4 is 10.8 Å². The first kappa shape index (κ1) is 22.2. The molecule has 122 valence electrons. The molecule has 0 bridgehead atoms. The topological polar surface area (TPSA) is 4.93 Å². The second-order valence-electron chi connectivity index (χ2n) is 5.32. The number of aryl methyl sites for hydroxylation is 2. The van der Waals surface area contributed by atoms with Crippen LogP contribution in [0.25, 0.3) is 16.5 Å². The number of rotatable bonds is 1. The van der Waals surface area contributed by atoms with Crippen molar-refractivity contribution in [2.45, 2.75) is 13.8 Å². The predicted octanol–water partition coefficient (Wildman–Crippen LogP) is -0.623. The molecule has 0 radical (unpaired) electrons. The normalized spacial score (nSPS) is 9.08. The van der Waals surface area contributed by atoms with Gasteiger partial charge in [0.1, 0.15) is 0 Å². The molecule has 0 aliphatic heterocycles. The Hall–Kier alpha value is -1.80. The molecule has 0 N–H and O–H groups in total. The Morgan fingerprint density at radius 3 is 2.08 bits per heavy atom. The van der Waals surface area contributed by atoms with Gasteiger partial charge in [-0.3, -0.25) is 0 Å². The van der Waals surface area contributed by atoms with E-state index in [0.717, 1.165) is 0 Å². The Bertz CT molecular complexity index is 779. The van der Waals surface area contributed by atoms with Crippen molar-refractivity contribution in [2.75, 3.05) is 0 Å². The van der Waals surface area contributed by atoms with Gasteiger partial charge in [0, 0.05) is 12.4 Å². The summed E-state index contributed by atoms with van der Waals surface area (Å²) in [6.07, 6.45) is 4.13. The third-order valence-electron chi connectivity index (χ3n) is 3.82. The average Bonchev–Trinajstić information content (AvgIpc) is 3.21. The number of halogens is 2. The summed E-state index contributed by atoms with van der Waals surface area (Å²) in [6.45, 7) is 4.24. The first-order valence-electron chi connectivity index (χ1n) is 7.22. The summed E-state index contributed by atoms with van der Waals surface area (Å²) in [7, 11) is 0. The molecule has 4 rings (SSSR count). The van der Waals surface area contributed by atoms with E-state index in [-0.39, 0.29) is 35.6 Å². The number of hydrogen-bond donors (Lipinski definition) is 0. The summed E-state index contributed by atoms with van der Waals surface area (Å²) < 4.78 is 2.12. The molecule has 0 unspecified atom stereocenters. The Labute approximate surface area is 160 Å². The van der Waals surface area contributed by atoms with Gasteiger partial charge in [-0.05, 0) is 17.8 Å². The van der Waals surface area contributed by atoms with Gasteiger partial charge < -0.3 is 14.0 Å². The van der Waals surface area contributed by atoms with E-state index in [2.05, 4.69) is 85.4 Å². The molecule has 0 fully saturated rings. The molecule has 4 heteroatoms. The van der Waals surface area contributed by atoms with E-state index in [1.54, 1.807) is 0 Å². The Morgan fingerprint density at radius 1 is 0.917 bits per heavy atom. The second kappa shape index (κ2) is 10.1. The molecule has 0 saturated heterocycles. The fraction of sp³-hybridized carbons (Fsp3) is 0.100. The molecule has 0 aliphatic carbocycles. The Kier molecular flexibility index (Phi) is 9.39. The quantitative estimate of drug-likeness (QED) is 0.374. The van der Waals surface area contributed by atoms with E-state index >= 15 is 0 Å². The van der Waals surface area contributed by atoms with Crippen LogP contribution < -0.4 is 9.41 Å². The van der Waals surface area contributed by atoms with Crippen molar-refractivity contribution in [3.63, 3.8) is 0 Å². The SMILES string of the molecule is Cc1ccc[c-]1C.[F-].[F-].[Zr+4].c1ccc2[cH-]c(-n3cccc3)cc2c1.